The van der Waals surface area contributed by atoms with Gasteiger partial charge >= 0.3 is 6.18 Å². The molecule has 0 spiro atoms. The zero-order valence-electron chi connectivity index (χ0n) is 14.6. The summed E-state index contributed by atoms with van der Waals surface area (Å²) < 4.78 is 44.7. The first-order valence-electron chi connectivity index (χ1n) is 7.94. The number of aromatic nitrogens is 4. The van der Waals surface area contributed by atoms with E-state index >= 15 is 0 Å². The van der Waals surface area contributed by atoms with E-state index < -0.39 is 17.3 Å². The number of benzene rings is 1. The standard InChI is InChI=1S/C17H15F3N6O2/c1-28-12-5-3-2-4-11(12)22-16-24-13(23-15(21)25-16)9-26-8-10(17(18,19)20)6-7-14(26)27/h2-8H,9H2,1H3,(H3,21,22,23,24,25). The lowest BCUT2D eigenvalue weighted by Gasteiger charge is -2.12. The summed E-state index contributed by atoms with van der Waals surface area (Å²) in [6.07, 6.45) is -3.88. The maximum Gasteiger partial charge on any atom is 0.417 e. The molecular formula is C17H15F3N6O2. The molecule has 0 aliphatic rings. The number of hydrogen-bond donors (Lipinski definition) is 2. The zero-order chi connectivity index (χ0) is 20.3. The van der Waals surface area contributed by atoms with Crippen molar-refractivity contribution in [1.29, 1.82) is 0 Å². The van der Waals surface area contributed by atoms with Crippen molar-refractivity contribution in [2.45, 2.75) is 12.7 Å². The summed E-state index contributed by atoms with van der Waals surface area (Å²) in [5.41, 5.74) is 4.64. The van der Waals surface area contributed by atoms with Gasteiger partial charge in [0, 0.05) is 12.3 Å². The van der Waals surface area contributed by atoms with Crippen LogP contribution in [0.2, 0.25) is 0 Å². The summed E-state index contributed by atoms with van der Waals surface area (Å²) >= 11 is 0. The molecule has 3 aromatic rings. The average molecular weight is 392 g/mol. The Morgan fingerprint density at radius 1 is 1.14 bits per heavy atom. The summed E-state index contributed by atoms with van der Waals surface area (Å²) in [7, 11) is 1.49. The van der Waals surface area contributed by atoms with E-state index in [0.717, 1.165) is 16.7 Å². The Balaban J connectivity index is 1.91. The number of hydrogen-bond acceptors (Lipinski definition) is 7. The third-order valence-corrected chi connectivity index (χ3v) is 3.68. The molecule has 0 atom stereocenters. The van der Waals surface area contributed by atoms with E-state index in [2.05, 4.69) is 20.3 Å². The number of para-hydroxylation sites is 2. The quantitative estimate of drug-likeness (QED) is 0.687. The van der Waals surface area contributed by atoms with Crippen LogP contribution in [-0.2, 0) is 12.7 Å². The van der Waals surface area contributed by atoms with Crippen LogP contribution in [0.4, 0.5) is 30.8 Å². The lowest BCUT2D eigenvalue weighted by Crippen LogP contribution is -2.23. The van der Waals surface area contributed by atoms with E-state index in [9.17, 15) is 18.0 Å². The predicted molar refractivity (Wildman–Crippen MR) is 95.3 cm³/mol. The maximum atomic E-state index is 12.9. The summed E-state index contributed by atoms with van der Waals surface area (Å²) in [5.74, 6) is 0.456. The number of nitrogens with zero attached hydrogens (tertiary/aromatic N) is 4. The lowest BCUT2D eigenvalue weighted by atomic mass is 10.3. The van der Waals surface area contributed by atoms with Gasteiger partial charge in [-0.2, -0.15) is 28.1 Å². The van der Waals surface area contributed by atoms with E-state index in [4.69, 9.17) is 10.5 Å². The van der Waals surface area contributed by atoms with Gasteiger partial charge in [-0.3, -0.25) is 4.79 Å². The minimum atomic E-state index is -4.58. The molecule has 146 valence electrons. The predicted octanol–water partition coefficient (Wildman–Crippen LogP) is 2.43. The number of rotatable bonds is 5. The minimum absolute atomic E-state index is 0.0197. The number of halogens is 3. The number of nitrogens with one attached hydrogen (secondary N) is 1. The van der Waals surface area contributed by atoms with E-state index in [0.29, 0.717) is 17.6 Å². The van der Waals surface area contributed by atoms with Crippen LogP contribution in [0.5, 0.6) is 5.75 Å². The maximum absolute atomic E-state index is 12.9. The molecule has 0 saturated heterocycles. The van der Waals surface area contributed by atoms with Crippen LogP contribution < -0.4 is 21.3 Å². The van der Waals surface area contributed by atoms with Crippen molar-refractivity contribution in [2.75, 3.05) is 18.2 Å². The summed E-state index contributed by atoms with van der Waals surface area (Å²) in [4.78, 5) is 23.9. The number of nitrogen functional groups attached to an aromatic ring is 1. The van der Waals surface area contributed by atoms with Crippen molar-refractivity contribution >= 4 is 17.6 Å². The highest BCUT2D eigenvalue weighted by molar-refractivity contribution is 5.62. The third-order valence-electron chi connectivity index (χ3n) is 3.68. The molecule has 1 aromatic carbocycles. The molecule has 0 bridgehead atoms. The molecule has 8 nitrogen and oxygen atoms in total. The third kappa shape index (κ3) is 4.37. The Morgan fingerprint density at radius 2 is 1.89 bits per heavy atom. The minimum Gasteiger partial charge on any atom is -0.495 e. The van der Waals surface area contributed by atoms with Crippen LogP contribution in [0.25, 0.3) is 0 Å². The normalized spacial score (nSPS) is 11.3. The Kier molecular flexibility index (Phi) is 5.16. The fourth-order valence-corrected chi connectivity index (χ4v) is 2.41. The molecule has 3 N–H and O–H groups in total. The molecule has 11 heteroatoms. The highest BCUT2D eigenvalue weighted by Crippen LogP contribution is 2.28. The fourth-order valence-electron chi connectivity index (χ4n) is 2.41. The monoisotopic (exact) mass is 392 g/mol. The lowest BCUT2D eigenvalue weighted by molar-refractivity contribution is -0.138. The molecule has 0 fully saturated rings. The van der Waals surface area contributed by atoms with Gasteiger partial charge in [0.25, 0.3) is 5.56 Å². The Bertz CT molecular complexity index is 1050. The second-order valence-corrected chi connectivity index (χ2v) is 5.64. The second-order valence-electron chi connectivity index (χ2n) is 5.64. The summed E-state index contributed by atoms with van der Waals surface area (Å²) in [6, 6.07) is 8.53. The molecule has 0 aliphatic heterocycles. The zero-order valence-corrected chi connectivity index (χ0v) is 14.6. The number of ether oxygens (including phenoxy) is 1. The molecule has 0 saturated carbocycles. The molecule has 0 radical (unpaired) electrons. The first-order chi connectivity index (χ1) is 13.3. The molecule has 0 unspecified atom stereocenters. The number of alkyl halides is 3. The van der Waals surface area contributed by atoms with Gasteiger partial charge in [-0.1, -0.05) is 12.1 Å². The van der Waals surface area contributed by atoms with E-state index in [1.807, 2.05) is 0 Å². The van der Waals surface area contributed by atoms with Crippen molar-refractivity contribution in [3.8, 4) is 5.75 Å². The molecule has 0 aliphatic carbocycles. The molecule has 2 heterocycles. The van der Waals surface area contributed by atoms with Gasteiger partial charge in [-0.05, 0) is 18.2 Å². The van der Waals surface area contributed by atoms with Crippen LogP contribution in [-0.4, -0.2) is 26.6 Å². The van der Waals surface area contributed by atoms with Crippen LogP contribution in [0.3, 0.4) is 0 Å². The smallest absolute Gasteiger partial charge is 0.417 e. The molecule has 2 aromatic heterocycles. The Morgan fingerprint density at radius 3 is 2.61 bits per heavy atom. The van der Waals surface area contributed by atoms with Gasteiger partial charge in [0.05, 0.1) is 24.9 Å². The van der Waals surface area contributed by atoms with Gasteiger partial charge in [0.1, 0.15) is 5.75 Å². The number of nitrogens with two attached hydrogens (primary N) is 1. The van der Waals surface area contributed by atoms with Gasteiger partial charge in [-0.25, -0.2) is 0 Å². The number of methoxy groups -OCH3 is 1. The SMILES string of the molecule is COc1ccccc1Nc1nc(N)nc(Cn2cc(C(F)(F)F)ccc2=O)n1. The van der Waals surface area contributed by atoms with Gasteiger partial charge in [-0.15, -0.1) is 0 Å². The van der Waals surface area contributed by atoms with Gasteiger partial charge in [0.15, 0.2) is 5.82 Å². The van der Waals surface area contributed by atoms with Crippen molar-refractivity contribution in [3.63, 3.8) is 0 Å². The van der Waals surface area contributed by atoms with Crippen molar-refractivity contribution in [1.82, 2.24) is 19.5 Å². The average Bonchev–Trinajstić information content (AvgIpc) is 2.62. The van der Waals surface area contributed by atoms with E-state index in [1.165, 1.54) is 7.11 Å². The topological polar surface area (TPSA) is 108 Å². The molecule has 3 rings (SSSR count). The highest BCUT2D eigenvalue weighted by Gasteiger charge is 2.31. The summed E-state index contributed by atoms with van der Waals surface area (Å²) in [5, 5.41) is 2.91. The molecule has 28 heavy (non-hydrogen) atoms. The van der Waals surface area contributed by atoms with Crippen LogP contribution in [0.15, 0.2) is 47.4 Å². The first kappa shape index (κ1) is 19.1. The van der Waals surface area contributed by atoms with Crippen LogP contribution in [0, 0.1) is 0 Å². The van der Waals surface area contributed by atoms with Crippen LogP contribution in [0.1, 0.15) is 11.4 Å². The fraction of sp³-hybridized carbons (Fsp3) is 0.176. The molecule has 0 amide bonds. The Hall–Kier alpha value is -3.63. The van der Waals surface area contributed by atoms with E-state index in [1.54, 1.807) is 24.3 Å². The summed E-state index contributed by atoms with van der Waals surface area (Å²) in [6.45, 7) is -0.309. The van der Waals surface area contributed by atoms with Crippen molar-refractivity contribution < 1.29 is 17.9 Å². The second kappa shape index (κ2) is 7.55. The molecular weight excluding hydrogens is 377 g/mol. The van der Waals surface area contributed by atoms with Crippen molar-refractivity contribution in [2.24, 2.45) is 0 Å². The highest BCUT2D eigenvalue weighted by atomic mass is 19.4. The Labute approximate surface area is 156 Å². The van der Waals surface area contributed by atoms with E-state index in [-0.39, 0.29) is 24.3 Å². The number of pyridine rings is 1. The first-order valence-corrected chi connectivity index (χ1v) is 7.94. The van der Waals surface area contributed by atoms with Gasteiger partial charge in [0.2, 0.25) is 11.9 Å². The number of anilines is 3. The van der Waals surface area contributed by atoms with Gasteiger partial charge < -0.3 is 20.4 Å². The van der Waals surface area contributed by atoms with Crippen LogP contribution >= 0.6 is 0 Å². The largest absolute Gasteiger partial charge is 0.495 e. The van der Waals surface area contributed by atoms with Crippen molar-refractivity contribution in [3.05, 3.63) is 64.3 Å².